The SMILES string of the molecule is Cc1cc(C2=CC(C(F)(F)F)=NC(c3cccc(-c4ccc(S(=O)(=O)O)s4)c3)N2C(C)(C)C)ccc1C(F)(F)F. The summed E-state index contributed by atoms with van der Waals surface area (Å²) in [7, 11) is -4.44. The first-order chi connectivity index (χ1) is 18.3. The highest BCUT2D eigenvalue weighted by atomic mass is 32.3. The molecule has 1 aliphatic heterocycles. The van der Waals surface area contributed by atoms with Gasteiger partial charge in [-0.1, -0.05) is 24.3 Å². The lowest BCUT2D eigenvalue weighted by Crippen LogP contribution is -2.45. The summed E-state index contributed by atoms with van der Waals surface area (Å²) in [6, 6.07) is 12.3. The zero-order valence-corrected chi connectivity index (χ0v) is 23.2. The predicted molar refractivity (Wildman–Crippen MR) is 142 cm³/mol. The van der Waals surface area contributed by atoms with Crippen molar-refractivity contribution in [1.82, 2.24) is 4.90 Å². The summed E-state index contributed by atoms with van der Waals surface area (Å²) in [6.45, 7) is 6.50. The number of aliphatic imine (C=N–C) groups is 1. The van der Waals surface area contributed by atoms with Gasteiger partial charge in [0.1, 0.15) is 16.1 Å². The van der Waals surface area contributed by atoms with Crippen LogP contribution in [0.25, 0.3) is 16.1 Å². The number of alkyl halides is 6. The summed E-state index contributed by atoms with van der Waals surface area (Å²) < 4.78 is 115. The Bertz CT molecular complexity index is 1610. The highest BCUT2D eigenvalue weighted by Crippen LogP contribution is 2.44. The van der Waals surface area contributed by atoms with Crippen molar-refractivity contribution in [3.8, 4) is 10.4 Å². The molecule has 1 aromatic heterocycles. The molecular formula is C27H24F6N2O3S2. The van der Waals surface area contributed by atoms with E-state index < -0.39 is 45.5 Å². The zero-order valence-electron chi connectivity index (χ0n) is 21.6. The fourth-order valence-corrected chi connectivity index (χ4v) is 6.16. The van der Waals surface area contributed by atoms with E-state index in [9.17, 15) is 39.3 Å². The molecule has 5 nitrogen and oxygen atoms in total. The van der Waals surface area contributed by atoms with Crippen LogP contribution in [-0.4, -0.2) is 35.3 Å². The largest absolute Gasteiger partial charge is 0.433 e. The summed E-state index contributed by atoms with van der Waals surface area (Å²) in [6.07, 6.45) is -9.85. The molecule has 2 heterocycles. The molecule has 1 N–H and O–H groups in total. The van der Waals surface area contributed by atoms with Crippen LogP contribution in [0.15, 0.2) is 69.9 Å². The number of nitrogens with zero attached hydrogens (tertiary/aromatic N) is 2. The number of hydrogen-bond acceptors (Lipinski definition) is 5. The van der Waals surface area contributed by atoms with Crippen LogP contribution < -0.4 is 0 Å². The maximum absolute atomic E-state index is 14.1. The van der Waals surface area contributed by atoms with Crippen LogP contribution >= 0.6 is 11.3 Å². The van der Waals surface area contributed by atoms with E-state index in [1.165, 1.54) is 25.1 Å². The highest BCUT2D eigenvalue weighted by molar-refractivity contribution is 7.88. The van der Waals surface area contributed by atoms with Crippen LogP contribution in [-0.2, 0) is 16.3 Å². The van der Waals surface area contributed by atoms with Gasteiger partial charge >= 0.3 is 22.5 Å². The standard InChI is InChI=1S/C27H24F6N2O3S2/c1-15-12-16(8-9-19(15)26(28,29)30)20-14-22(27(31,32)33)34-24(35(20)25(2,3)4)18-7-5-6-17(13-18)21-10-11-23(39-21)40(36,37)38/h5-14,24H,1-4H3,(H,36,37,38). The van der Waals surface area contributed by atoms with Gasteiger partial charge in [-0.25, -0.2) is 0 Å². The lowest BCUT2D eigenvalue weighted by Gasteiger charge is -2.46. The molecule has 0 fully saturated rings. The Labute approximate surface area is 231 Å². The number of hydrogen-bond donors (Lipinski definition) is 1. The quantitative estimate of drug-likeness (QED) is 0.242. The third kappa shape index (κ3) is 6.11. The van der Waals surface area contributed by atoms with Crippen LogP contribution in [0.3, 0.4) is 0 Å². The minimum Gasteiger partial charge on any atom is -0.340 e. The molecule has 0 saturated carbocycles. The Balaban J connectivity index is 1.89. The van der Waals surface area contributed by atoms with Crippen molar-refractivity contribution in [1.29, 1.82) is 0 Å². The van der Waals surface area contributed by atoms with E-state index in [0.717, 1.165) is 29.5 Å². The molecule has 40 heavy (non-hydrogen) atoms. The van der Waals surface area contributed by atoms with E-state index in [-0.39, 0.29) is 21.0 Å². The van der Waals surface area contributed by atoms with Crippen LogP contribution in [0.5, 0.6) is 0 Å². The molecule has 0 aliphatic carbocycles. The Hall–Kier alpha value is -3.16. The Kier molecular flexibility index (Phi) is 7.48. The van der Waals surface area contributed by atoms with Crippen LogP contribution in [0.4, 0.5) is 26.3 Å². The van der Waals surface area contributed by atoms with Crippen LogP contribution in [0.2, 0.25) is 0 Å². The molecule has 0 radical (unpaired) electrons. The molecule has 13 heteroatoms. The Morgan fingerprint density at radius 2 is 1.57 bits per heavy atom. The molecule has 1 unspecified atom stereocenters. The summed E-state index contributed by atoms with van der Waals surface area (Å²) in [5.41, 5.74) is -2.03. The van der Waals surface area contributed by atoms with Gasteiger partial charge in [-0.15, -0.1) is 11.3 Å². The fraction of sp³-hybridized carbons (Fsp3) is 0.296. The summed E-state index contributed by atoms with van der Waals surface area (Å²) >= 11 is 0.791. The average Bonchev–Trinajstić information content (AvgIpc) is 3.32. The molecule has 3 aromatic rings. The number of halogens is 6. The molecular weight excluding hydrogens is 578 g/mol. The molecule has 2 aromatic carbocycles. The molecule has 0 spiro atoms. The van der Waals surface area contributed by atoms with E-state index in [2.05, 4.69) is 4.99 Å². The van der Waals surface area contributed by atoms with Crippen molar-refractivity contribution in [3.63, 3.8) is 0 Å². The minimum atomic E-state index is -4.84. The van der Waals surface area contributed by atoms with Crippen molar-refractivity contribution in [3.05, 3.63) is 82.9 Å². The lowest BCUT2D eigenvalue weighted by molar-refractivity contribution is -0.138. The highest BCUT2D eigenvalue weighted by Gasteiger charge is 2.43. The zero-order chi connectivity index (χ0) is 29.8. The van der Waals surface area contributed by atoms with Gasteiger partial charge in [0.05, 0.1) is 5.56 Å². The maximum Gasteiger partial charge on any atom is 0.433 e. The average molecular weight is 603 g/mol. The fourth-order valence-electron chi connectivity index (χ4n) is 4.49. The van der Waals surface area contributed by atoms with Gasteiger partial charge in [-0.3, -0.25) is 9.55 Å². The first-order valence-corrected chi connectivity index (χ1v) is 14.0. The maximum atomic E-state index is 14.1. The van der Waals surface area contributed by atoms with Crippen molar-refractivity contribution < 1.29 is 39.3 Å². The third-order valence-electron chi connectivity index (χ3n) is 6.18. The smallest absolute Gasteiger partial charge is 0.340 e. The van der Waals surface area contributed by atoms with E-state index in [0.29, 0.717) is 16.0 Å². The first-order valence-electron chi connectivity index (χ1n) is 11.8. The van der Waals surface area contributed by atoms with E-state index in [4.69, 9.17) is 0 Å². The number of aryl methyl sites for hydroxylation is 1. The molecule has 1 aliphatic rings. The third-order valence-corrected chi connectivity index (χ3v) is 8.64. The van der Waals surface area contributed by atoms with Crippen molar-refractivity contribution in [2.75, 3.05) is 0 Å². The Morgan fingerprint density at radius 3 is 2.10 bits per heavy atom. The second-order valence-corrected chi connectivity index (χ2v) is 12.9. The van der Waals surface area contributed by atoms with Gasteiger partial charge < -0.3 is 4.90 Å². The van der Waals surface area contributed by atoms with E-state index in [1.807, 2.05) is 0 Å². The molecule has 1 atom stereocenters. The van der Waals surface area contributed by atoms with Gasteiger partial charge in [0.25, 0.3) is 0 Å². The van der Waals surface area contributed by atoms with Crippen molar-refractivity contribution in [2.45, 2.75) is 56.0 Å². The van der Waals surface area contributed by atoms with Gasteiger partial charge in [-0.2, -0.15) is 34.8 Å². The molecule has 4 rings (SSSR count). The molecule has 0 saturated heterocycles. The van der Waals surface area contributed by atoms with Crippen molar-refractivity contribution in [2.24, 2.45) is 4.99 Å². The van der Waals surface area contributed by atoms with E-state index >= 15 is 0 Å². The van der Waals surface area contributed by atoms with Crippen LogP contribution in [0, 0.1) is 6.92 Å². The van der Waals surface area contributed by atoms with Gasteiger partial charge in [0.15, 0.2) is 0 Å². The van der Waals surface area contributed by atoms with Crippen molar-refractivity contribution >= 4 is 32.9 Å². The second-order valence-electron chi connectivity index (χ2n) is 10.2. The number of rotatable bonds is 4. The molecule has 0 amide bonds. The topological polar surface area (TPSA) is 70.0 Å². The second kappa shape index (κ2) is 10.0. The Morgan fingerprint density at radius 1 is 0.900 bits per heavy atom. The van der Waals surface area contributed by atoms with Gasteiger partial charge in [0.2, 0.25) is 0 Å². The predicted octanol–water partition coefficient (Wildman–Crippen LogP) is 8.15. The number of allylic oxidation sites excluding steroid dienone is 1. The van der Waals surface area contributed by atoms with E-state index in [1.54, 1.807) is 49.9 Å². The van der Waals surface area contributed by atoms with Crippen LogP contribution in [0.1, 0.15) is 49.2 Å². The summed E-state index contributed by atoms with van der Waals surface area (Å²) in [4.78, 5) is 6.09. The monoisotopic (exact) mass is 602 g/mol. The van der Waals surface area contributed by atoms with Gasteiger partial charge in [-0.05, 0) is 86.4 Å². The minimum absolute atomic E-state index is 0.0480. The normalized spacial score (nSPS) is 17.1. The molecule has 214 valence electrons. The number of benzene rings is 2. The first kappa shape index (κ1) is 29.8. The summed E-state index contributed by atoms with van der Waals surface area (Å²) in [5, 5.41) is 0. The van der Waals surface area contributed by atoms with Gasteiger partial charge in [0, 0.05) is 16.1 Å². The number of thiophene rings is 1. The molecule has 0 bridgehead atoms. The summed E-state index contributed by atoms with van der Waals surface area (Å²) in [5.74, 6) is 0. The lowest BCUT2D eigenvalue weighted by atomic mass is 9.93.